The summed E-state index contributed by atoms with van der Waals surface area (Å²) < 4.78 is 39.9. The maximum absolute atomic E-state index is 13.2. The molecule has 1 aromatic carbocycles. The molecule has 0 amide bonds. The van der Waals surface area contributed by atoms with Gasteiger partial charge in [-0.3, -0.25) is 0 Å². The monoisotopic (exact) mass is 315 g/mol. The third-order valence-electron chi connectivity index (χ3n) is 2.72. The summed E-state index contributed by atoms with van der Waals surface area (Å²) in [4.78, 5) is 1.72. The Hall–Kier alpha value is -1.28. The number of benzene rings is 1. The third kappa shape index (κ3) is 3.43. The summed E-state index contributed by atoms with van der Waals surface area (Å²) in [6.07, 6.45) is 0. The summed E-state index contributed by atoms with van der Waals surface area (Å²) in [6.45, 7) is 1.61. The molecular formula is C13H14FNO3S2. The molecule has 2 rings (SSSR count). The molecule has 2 aromatic rings. The third-order valence-corrected chi connectivity index (χ3v) is 5.21. The van der Waals surface area contributed by atoms with Crippen molar-refractivity contribution in [2.75, 3.05) is 0 Å². The van der Waals surface area contributed by atoms with Gasteiger partial charge in [-0.05, 0) is 36.8 Å². The molecule has 7 heteroatoms. The van der Waals surface area contributed by atoms with Gasteiger partial charge in [0.15, 0.2) is 0 Å². The molecule has 0 radical (unpaired) electrons. The van der Waals surface area contributed by atoms with E-state index in [1.807, 2.05) is 19.1 Å². The molecule has 0 aliphatic rings. The average Bonchev–Trinajstić information content (AvgIpc) is 2.82. The lowest BCUT2D eigenvalue weighted by Gasteiger charge is -2.09. The number of thiophene rings is 1. The van der Waals surface area contributed by atoms with E-state index in [-0.39, 0.29) is 17.0 Å². The summed E-state index contributed by atoms with van der Waals surface area (Å²) in [5.41, 5.74) is 0.168. The van der Waals surface area contributed by atoms with E-state index in [1.54, 1.807) is 0 Å². The molecule has 20 heavy (non-hydrogen) atoms. The van der Waals surface area contributed by atoms with Gasteiger partial charge in [0.2, 0.25) is 10.0 Å². The molecule has 108 valence electrons. The van der Waals surface area contributed by atoms with Crippen molar-refractivity contribution in [3.8, 4) is 0 Å². The molecule has 0 saturated heterocycles. The first-order valence-electron chi connectivity index (χ1n) is 5.86. The van der Waals surface area contributed by atoms with Crippen molar-refractivity contribution in [3.05, 3.63) is 51.5 Å². The molecule has 0 atom stereocenters. The highest BCUT2D eigenvalue weighted by molar-refractivity contribution is 7.89. The molecule has 2 N–H and O–H groups in total. The molecule has 0 fully saturated rings. The van der Waals surface area contributed by atoms with Gasteiger partial charge in [-0.2, -0.15) is 0 Å². The van der Waals surface area contributed by atoms with E-state index in [0.29, 0.717) is 0 Å². The van der Waals surface area contributed by atoms with Crippen LogP contribution in [0.25, 0.3) is 0 Å². The summed E-state index contributed by atoms with van der Waals surface area (Å²) in [5.74, 6) is -0.658. The number of nitrogens with one attached hydrogen (secondary N) is 1. The molecule has 0 spiro atoms. The van der Waals surface area contributed by atoms with Crippen LogP contribution in [-0.4, -0.2) is 13.5 Å². The number of hydrogen-bond donors (Lipinski definition) is 2. The second-order valence-electron chi connectivity index (χ2n) is 4.25. The van der Waals surface area contributed by atoms with Crippen LogP contribution in [0.15, 0.2) is 35.2 Å². The van der Waals surface area contributed by atoms with Crippen LogP contribution in [0.5, 0.6) is 0 Å². The minimum Gasteiger partial charge on any atom is -0.392 e. The molecule has 0 bridgehead atoms. The summed E-state index contributed by atoms with van der Waals surface area (Å²) in [5, 5.41) is 9.15. The molecule has 4 nitrogen and oxygen atoms in total. The Kier molecular flexibility index (Phi) is 4.54. The largest absolute Gasteiger partial charge is 0.392 e. The number of aryl methyl sites for hydroxylation is 1. The van der Waals surface area contributed by atoms with Gasteiger partial charge in [-0.25, -0.2) is 17.5 Å². The molecule has 1 aromatic heterocycles. The Labute approximate surface area is 120 Å². The van der Waals surface area contributed by atoms with Gasteiger partial charge in [-0.1, -0.05) is 6.07 Å². The van der Waals surface area contributed by atoms with Crippen LogP contribution in [0, 0.1) is 12.7 Å². The zero-order valence-corrected chi connectivity index (χ0v) is 12.4. The topological polar surface area (TPSA) is 66.4 Å². The number of halogens is 1. The summed E-state index contributed by atoms with van der Waals surface area (Å²) in [7, 11) is -3.86. The molecule has 0 aliphatic heterocycles. The Balaban J connectivity index is 2.24. The normalized spacial score (nSPS) is 11.8. The fourth-order valence-electron chi connectivity index (χ4n) is 1.73. The number of sulfonamides is 1. The number of hydrogen-bond acceptors (Lipinski definition) is 4. The second-order valence-corrected chi connectivity index (χ2v) is 7.35. The van der Waals surface area contributed by atoms with Crippen LogP contribution >= 0.6 is 11.3 Å². The SMILES string of the molecule is Cc1ccc(CNS(=O)(=O)c2cc(F)ccc2CO)s1. The van der Waals surface area contributed by atoms with Crippen LogP contribution in [0.2, 0.25) is 0 Å². The van der Waals surface area contributed by atoms with E-state index in [9.17, 15) is 12.8 Å². The predicted molar refractivity (Wildman–Crippen MR) is 75.4 cm³/mol. The van der Waals surface area contributed by atoms with Gasteiger partial charge in [0, 0.05) is 16.3 Å². The first-order valence-corrected chi connectivity index (χ1v) is 8.16. The van der Waals surface area contributed by atoms with Crippen LogP contribution in [0.3, 0.4) is 0 Å². The lowest BCUT2D eigenvalue weighted by Crippen LogP contribution is -2.24. The minimum absolute atomic E-state index is 0.141. The van der Waals surface area contributed by atoms with Gasteiger partial charge >= 0.3 is 0 Å². The van der Waals surface area contributed by atoms with E-state index in [4.69, 9.17) is 5.11 Å². The van der Waals surface area contributed by atoms with Crippen molar-refractivity contribution in [3.63, 3.8) is 0 Å². The van der Waals surface area contributed by atoms with Crippen molar-refractivity contribution in [1.82, 2.24) is 4.72 Å². The Morgan fingerprint density at radius 2 is 2.05 bits per heavy atom. The highest BCUT2D eigenvalue weighted by Crippen LogP contribution is 2.19. The standard InChI is InChI=1S/C13H14FNO3S2/c1-9-2-5-12(19-9)7-15-20(17,18)13-6-11(14)4-3-10(13)8-16/h2-6,15-16H,7-8H2,1H3. The fraction of sp³-hybridized carbons (Fsp3) is 0.231. The van der Waals surface area contributed by atoms with Gasteiger partial charge in [0.05, 0.1) is 11.5 Å². The van der Waals surface area contributed by atoms with Gasteiger partial charge < -0.3 is 5.11 Å². The second kappa shape index (κ2) is 6.01. The number of aliphatic hydroxyl groups excluding tert-OH is 1. The number of aliphatic hydroxyl groups is 1. The molecular weight excluding hydrogens is 301 g/mol. The van der Waals surface area contributed by atoms with Gasteiger partial charge in [0.1, 0.15) is 5.82 Å². The van der Waals surface area contributed by atoms with E-state index in [0.717, 1.165) is 21.9 Å². The lowest BCUT2D eigenvalue weighted by molar-refractivity contribution is 0.278. The van der Waals surface area contributed by atoms with Gasteiger partial charge in [0.25, 0.3) is 0 Å². The van der Waals surface area contributed by atoms with Crippen molar-refractivity contribution < 1.29 is 17.9 Å². The number of rotatable bonds is 5. The minimum atomic E-state index is -3.86. The van der Waals surface area contributed by atoms with Crippen molar-refractivity contribution in [2.24, 2.45) is 0 Å². The van der Waals surface area contributed by atoms with E-state index in [2.05, 4.69) is 4.72 Å². The van der Waals surface area contributed by atoms with E-state index >= 15 is 0 Å². The fourth-order valence-corrected chi connectivity index (χ4v) is 3.90. The predicted octanol–water partition coefficient (Wildman–Crippen LogP) is 2.17. The van der Waals surface area contributed by atoms with Crippen LogP contribution < -0.4 is 4.72 Å². The van der Waals surface area contributed by atoms with Crippen molar-refractivity contribution >= 4 is 21.4 Å². The summed E-state index contributed by atoms with van der Waals surface area (Å²) >= 11 is 1.49. The maximum Gasteiger partial charge on any atom is 0.241 e. The first-order chi connectivity index (χ1) is 9.42. The zero-order valence-electron chi connectivity index (χ0n) is 10.8. The first kappa shape index (κ1) is 15.1. The molecule has 0 aliphatic carbocycles. The van der Waals surface area contributed by atoms with E-state index in [1.165, 1.54) is 17.4 Å². The highest BCUT2D eigenvalue weighted by Gasteiger charge is 2.19. The zero-order chi connectivity index (χ0) is 14.8. The smallest absolute Gasteiger partial charge is 0.241 e. The maximum atomic E-state index is 13.2. The lowest BCUT2D eigenvalue weighted by atomic mass is 10.2. The van der Waals surface area contributed by atoms with Gasteiger partial charge in [-0.15, -0.1) is 11.3 Å². The van der Waals surface area contributed by atoms with Crippen molar-refractivity contribution in [2.45, 2.75) is 25.0 Å². The molecule has 0 unspecified atom stereocenters. The Morgan fingerprint density at radius 3 is 2.65 bits per heavy atom. The van der Waals surface area contributed by atoms with E-state index < -0.39 is 22.4 Å². The van der Waals surface area contributed by atoms with Crippen LogP contribution in [0.4, 0.5) is 4.39 Å². The molecule has 0 saturated carbocycles. The Bertz CT molecular complexity index is 710. The van der Waals surface area contributed by atoms with Crippen LogP contribution in [0.1, 0.15) is 15.3 Å². The van der Waals surface area contributed by atoms with Crippen molar-refractivity contribution in [1.29, 1.82) is 0 Å². The highest BCUT2D eigenvalue weighted by atomic mass is 32.2. The quantitative estimate of drug-likeness (QED) is 0.888. The average molecular weight is 315 g/mol. The molecule has 1 heterocycles. The Morgan fingerprint density at radius 1 is 1.30 bits per heavy atom. The summed E-state index contributed by atoms with van der Waals surface area (Å²) in [6, 6.07) is 7.02. The van der Waals surface area contributed by atoms with Crippen LogP contribution in [-0.2, 0) is 23.2 Å².